The van der Waals surface area contributed by atoms with Gasteiger partial charge in [0.25, 0.3) is 0 Å². The Balaban J connectivity index is 3.61. The Hall–Kier alpha value is -0.790. The predicted molar refractivity (Wildman–Crippen MR) is 107 cm³/mol. The highest BCUT2D eigenvalue weighted by molar-refractivity contribution is 5.72. The molecule has 0 rings (SSSR count). The smallest absolute Gasteiger partial charge is 0.217 e. The first-order valence-corrected chi connectivity index (χ1v) is 10.2. The average molecular weight is 338 g/mol. The molecule has 0 spiro atoms. The summed E-state index contributed by atoms with van der Waals surface area (Å²) in [6, 6.07) is 0. The number of nitrogens with one attached hydrogen (secondary N) is 1. The van der Waals surface area contributed by atoms with Crippen molar-refractivity contribution in [1.29, 1.82) is 0 Å². The number of hydrogen-bond acceptors (Lipinski definition) is 1. The molecule has 0 aliphatic heterocycles. The number of carbonyl (C=O) groups excluding carboxylic acids is 1. The normalized spacial score (nSPS) is 14.7. The van der Waals surface area contributed by atoms with Crippen molar-refractivity contribution in [3.63, 3.8) is 0 Å². The molecule has 0 aliphatic rings. The lowest BCUT2D eigenvalue weighted by molar-refractivity contribution is -0.118. The SMILES string of the molecule is CC(=O)NCC=C(C)CCCC(C)CCCC(C)CCCC(C)C. The van der Waals surface area contributed by atoms with Crippen LogP contribution in [0.1, 0.15) is 99.3 Å². The fourth-order valence-corrected chi connectivity index (χ4v) is 3.18. The molecule has 1 amide bonds. The van der Waals surface area contributed by atoms with Crippen LogP contribution in [-0.4, -0.2) is 12.5 Å². The van der Waals surface area contributed by atoms with Gasteiger partial charge in [0, 0.05) is 13.5 Å². The molecule has 0 saturated heterocycles. The van der Waals surface area contributed by atoms with Crippen molar-refractivity contribution in [1.82, 2.24) is 5.32 Å². The van der Waals surface area contributed by atoms with Gasteiger partial charge >= 0.3 is 0 Å². The molecular formula is C22H43NO. The van der Waals surface area contributed by atoms with Gasteiger partial charge in [0.15, 0.2) is 0 Å². The molecule has 0 aromatic heterocycles. The molecule has 0 heterocycles. The van der Waals surface area contributed by atoms with Crippen LogP contribution in [0.2, 0.25) is 0 Å². The topological polar surface area (TPSA) is 29.1 Å². The van der Waals surface area contributed by atoms with Crippen LogP contribution in [0.25, 0.3) is 0 Å². The summed E-state index contributed by atoms with van der Waals surface area (Å²) in [6.07, 6.45) is 14.3. The molecule has 0 radical (unpaired) electrons. The van der Waals surface area contributed by atoms with E-state index in [9.17, 15) is 4.79 Å². The minimum absolute atomic E-state index is 0.0473. The lowest BCUT2D eigenvalue weighted by atomic mass is 9.91. The van der Waals surface area contributed by atoms with E-state index < -0.39 is 0 Å². The summed E-state index contributed by atoms with van der Waals surface area (Å²) >= 11 is 0. The number of carbonyl (C=O) groups is 1. The Morgan fingerprint density at radius 2 is 1.33 bits per heavy atom. The molecule has 0 bridgehead atoms. The van der Waals surface area contributed by atoms with Crippen LogP contribution in [0, 0.1) is 17.8 Å². The van der Waals surface area contributed by atoms with Crippen LogP contribution >= 0.6 is 0 Å². The fourth-order valence-electron chi connectivity index (χ4n) is 3.18. The third-order valence-electron chi connectivity index (χ3n) is 4.94. The zero-order valence-corrected chi connectivity index (χ0v) is 17.3. The van der Waals surface area contributed by atoms with Gasteiger partial charge < -0.3 is 5.32 Å². The van der Waals surface area contributed by atoms with Crippen LogP contribution in [-0.2, 0) is 4.79 Å². The molecule has 24 heavy (non-hydrogen) atoms. The molecule has 0 aromatic carbocycles. The highest BCUT2D eigenvalue weighted by atomic mass is 16.1. The van der Waals surface area contributed by atoms with Gasteiger partial charge in [-0.25, -0.2) is 0 Å². The monoisotopic (exact) mass is 337 g/mol. The number of hydrogen-bond donors (Lipinski definition) is 1. The second-order valence-electron chi connectivity index (χ2n) is 8.35. The van der Waals surface area contributed by atoms with Crippen LogP contribution in [0.4, 0.5) is 0 Å². The van der Waals surface area contributed by atoms with Crippen LogP contribution in [0.5, 0.6) is 0 Å². The van der Waals surface area contributed by atoms with Gasteiger partial charge in [0.2, 0.25) is 5.91 Å². The molecule has 0 aromatic rings. The third kappa shape index (κ3) is 16.1. The fraction of sp³-hybridized carbons (Fsp3) is 0.864. The summed E-state index contributed by atoms with van der Waals surface area (Å²) in [5, 5.41) is 2.82. The van der Waals surface area contributed by atoms with E-state index >= 15 is 0 Å². The Bertz CT molecular complexity index is 346. The minimum atomic E-state index is 0.0473. The standard InChI is InChI=1S/C22H43NO/c1-18(2)10-7-11-19(3)12-8-13-20(4)14-9-15-21(5)16-17-23-22(6)24/h16,18-20H,7-15,17H2,1-6H3,(H,23,24). The maximum absolute atomic E-state index is 10.8. The van der Waals surface area contributed by atoms with Gasteiger partial charge in [-0.2, -0.15) is 0 Å². The zero-order valence-electron chi connectivity index (χ0n) is 17.3. The van der Waals surface area contributed by atoms with Crippen molar-refractivity contribution in [2.24, 2.45) is 17.8 Å². The second kappa shape index (κ2) is 14.5. The molecule has 2 atom stereocenters. The van der Waals surface area contributed by atoms with Crippen LogP contribution in [0.15, 0.2) is 11.6 Å². The molecule has 2 heteroatoms. The highest BCUT2D eigenvalue weighted by Crippen LogP contribution is 2.21. The van der Waals surface area contributed by atoms with Gasteiger partial charge in [0.1, 0.15) is 0 Å². The van der Waals surface area contributed by atoms with Crippen LogP contribution in [0.3, 0.4) is 0 Å². The number of rotatable bonds is 14. The third-order valence-corrected chi connectivity index (χ3v) is 4.94. The van der Waals surface area contributed by atoms with E-state index in [1.165, 1.54) is 56.9 Å². The van der Waals surface area contributed by atoms with Gasteiger partial charge in [-0.05, 0) is 37.5 Å². The first-order valence-electron chi connectivity index (χ1n) is 10.2. The van der Waals surface area contributed by atoms with E-state index in [2.05, 4.69) is 46.0 Å². The maximum Gasteiger partial charge on any atom is 0.217 e. The van der Waals surface area contributed by atoms with Gasteiger partial charge in [-0.3, -0.25) is 4.79 Å². The quantitative estimate of drug-likeness (QED) is 0.360. The Morgan fingerprint density at radius 1 is 0.833 bits per heavy atom. The molecule has 2 unspecified atom stereocenters. The molecule has 0 aliphatic carbocycles. The first-order chi connectivity index (χ1) is 11.3. The number of allylic oxidation sites excluding steroid dienone is 1. The van der Waals surface area contributed by atoms with Crippen molar-refractivity contribution in [3.05, 3.63) is 11.6 Å². The van der Waals surface area contributed by atoms with Crippen molar-refractivity contribution in [2.75, 3.05) is 6.54 Å². The average Bonchev–Trinajstić information content (AvgIpc) is 2.46. The van der Waals surface area contributed by atoms with Gasteiger partial charge in [-0.1, -0.05) is 84.3 Å². The Kier molecular flexibility index (Phi) is 14.1. The zero-order chi connectivity index (χ0) is 18.4. The minimum Gasteiger partial charge on any atom is -0.353 e. The second-order valence-corrected chi connectivity index (χ2v) is 8.35. The van der Waals surface area contributed by atoms with Crippen LogP contribution < -0.4 is 5.32 Å². The van der Waals surface area contributed by atoms with E-state index in [1.54, 1.807) is 6.92 Å². The van der Waals surface area contributed by atoms with E-state index in [-0.39, 0.29) is 5.91 Å². The first kappa shape index (κ1) is 23.2. The van der Waals surface area contributed by atoms with Crippen molar-refractivity contribution in [2.45, 2.75) is 99.3 Å². The molecule has 2 nitrogen and oxygen atoms in total. The lowest BCUT2D eigenvalue weighted by Gasteiger charge is -2.15. The maximum atomic E-state index is 10.8. The van der Waals surface area contributed by atoms with Crippen molar-refractivity contribution < 1.29 is 4.79 Å². The molecular weight excluding hydrogens is 294 g/mol. The predicted octanol–water partition coefficient (Wildman–Crippen LogP) is 6.51. The van der Waals surface area contributed by atoms with Crippen molar-refractivity contribution >= 4 is 5.91 Å². The Morgan fingerprint density at radius 3 is 1.83 bits per heavy atom. The number of amides is 1. The summed E-state index contributed by atoms with van der Waals surface area (Å²) in [5.74, 6) is 2.64. The van der Waals surface area contributed by atoms with E-state index in [4.69, 9.17) is 0 Å². The Labute approximate surface area is 151 Å². The van der Waals surface area contributed by atoms with Gasteiger partial charge in [0.05, 0.1) is 0 Å². The highest BCUT2D eigenvalue weighted by Gasteiger charge is 2.06. The van der Waals surface area contributed by atoms with Crippen molar-refractivity contribution in [3.8, 4) is 0 Å². The van der Waals surface area contributed by atoms with Gasteiger partial charge in [-0.15, -0.1) is 0 Å². The molecule has 1 N–H and O–H groups in total. The summed E-state index contributed by atoms with van der Waals surface area (Å²) in [4.78, 5) is 10.8. The summed E-state index contributed by atoms with van der Waals surface area (Å²) in [6.45, 7) is 13.9. The summed E-state index contributed by atoms with van der Waals surface area (Å²) < 4.78 is 0. The molecule has 0 fully saturated rings. The van der Waals surface area contributed by atoms with E-state index in [1.807, 2.05) is 0 Å². The summed E-state index contributed by atoms with van der Waals surface area (Å²) in [5.41, 5.74) is 1.40. The lowest BCUT2D eigenvalue weighted by Crippen LogP contribution is -2.19. The van der Waals surface area contributed by atoms with E-state index in [0.717, 1.165) is 24.2 Å². The largest absolute Gasteiger partial charge is 0.353 e. The molecule has 142 valence electrons. The molecule has 0 saturated carbocycles. The van der Waals surface area contributed by atoms with E-state index in [0.29, 0.717) is 6.54 Å². The summed E-state index contributed by atoms with van der Waals surface area (Å²) in [7, 11) is 0.